The maximum atomic E-state index is 12.3. The zero-order chi connectivity index (χ0) is 21.8. The van der Waals surface area contributed by atoms with Crippen LogP contribution in [0.1, 0.15) is 32.6 Å². The average Bonchev–Trinajstić information content (AvgIpc) is 3.25. The number of rotatable bonds is 6. The summed E-state index contributed by atoms with van der Waals surface area (Å²) in [4.78, 5) is 20.9. The lowest BCUT2D eigenvalue weighted by atomic mass is 9.93. The fourth-order valence-corrected chi connectivity index (χ4v) is 4.22. The second kappa shape index (κ2) is 9.10. The quantitative estimate of drug-likeness (QED) is 0.429. The Hall–Kier alpha value is -3.51. The topological polar surface area (TPSA) is 64.1 Å². The number of carbonyl (C=O) groups is 1. The molecule has 6 heteroatoms. The summed E-state index contributed by atoms with van der Waals surface area (Å²) in [5, 5.41) is 5.41. The molecule has 2 aromatic carbocycles. The van der Waals surface area contributed by atoms with Crippen molar-refractivity contribution in [3.05, 3.63) is 94.1 Å². The monoisotopic (exact) mass is 429 g/mol. The molecular formula is C25H23N3O2S. The summed E-state index contributed by atoms with van der Waals surface area (Å²) < 4.78 is 5.25. The Labute approximate surface area is 185 Å². The van der Waals surface area contributed by atoms with Crippen molar-refractivity contribution >= 4 is 22.4 Å². The molecule has 1 N–H and O–H groups in total. The second-order valence-electron chi connectivity index (χ2n) is 7.34. The van der Waals surface area contributed by atoms with E-state index in [-0.39, 0.29) is 5.91 Å². The molecule has 0 bridgehead atoms. The Kier molecular flexibility index (Phi) is 6.09. The molecule has 0 fully saturated rings. The van der Waals surface area contributed by atoms with Gasteiger partial charge in [0.1, 0.15) is 5.75 Å². The van der Waals surface area contributed by atoms with Crippen LogP contribution in [0.4, 0.5) is 5.13 Å². The van der Waals surface area contributed by atoms with Gasteiger partial charge in [-0.2, -0.15) is 0 Å². The summed E-state index contributed by atoms with van der Waals surface area (Å²) in [6.07, 6.45) is 4.06. The lowest BCUT2D eigenvalue weighted by Crippen LogP contribution is -2.11. The Morgan fingerprint density at radius 2 is 1.71 bits per heavy atom. The third kappa shape index (κ3) is 4.81. The van der Waals surface area contributed by atoms with E-state index in [1.165, 1.54) is 33.6 Å². The number of carbonyl (C=O) groups excluding carboxylic acids is 1. The predicted octanol–water partition coefficient (Wildman–Crippen LogP) is 5.67. The van der Waals surface area contributed by atoms with Crippen LogP contribution < -0.4 is 10.1 Å². The van der Waals surface area contributed by atoms with Crippen LogP contribution in [-0.4, -0.2) is 23.0 Å². The maximum absolute atomic E-state index is 12.3. The number of nitrogens with zero attached hydrogens (tertiary/aromatic N) is 2. The lowest BCUT2D eigenvalue weighted by molar-refractivity contribution is 0.102. The molecule has 2 aromatic heterocycles. The number of thiazole rings is 1. The molecule has 0 spiro atoms. The van der Waals surface area contributed by atoms with Crippen molar-refractivity contribution < 1.29 is 9.53 Å². The second-order valence-corrected chi connectivity index (χ2v) is 8.20. The first-order valence-corrected chi connectivity index (χ1v) is 10.8. The molecule has 31 heavy (non-hydrogen) atoms. The molecule has 156 valence electrons. The maximum Gasteiger partial charge on any atom is 0.257 e. The van der Waals surface area contributed by atoms with Crippen LogP contribution in [0.2, 0.25) is 0 Å². The molecule has 5 nitrogen and oxygen atoms in total. The number of methoxy groups -OCH3 is 1. The highest BCUT2D eigenvalue weighted by atomic mass is 32.1. The summed E-state index contributed by atoms with van der Waals surface area (Å²) in [7, 11) is 1.68. The summed E-state index contributed by atoms with van der Waals surface area (Å²) in [6, 6.07) is 15.9. The molecule has 0 aliphatic carbocycles. The van der Waals surface area contributed by atoms with Crippen LogP contribution in [0, 0.1) is 13.8 Å². The van der Waals surface area contributed by atoms with Crippen LogP contribution in [0.3, 0.4) is 0 Å². The highest BCUT2D eigenvalue weighted by Crippen LogP contribution is 2.30. The number of amides is 1. The van der Waals surface area contributed by atoms with E-state index in [1.54, 1.807) is 31.6 Å². The van der Waals surface area contributed by atoms with Crippen LogP contribution >= 0.6 is 11.3 Å². The van der Waals surface area contributed by atoms with Crippen LogP contribution in [0.25, 0.3) is 11.3 Å². The Morgan fingerprint density at radius 1 is 1.03 bits per heavy atom. The minimum absolute atomic E-state index is 0.189. The first-order valence-electron chi connectivity index (χ1n) is 9.94. The van der Waals surface area contributed by atoms with E-state index < -0.39 is 0 Å². The van der Waals surface area contributed by atoms with Crippen molar-refractivity contribution in [1.82, 2.24) is 9.97 Å². The summed E-state index contributed by atoms with van der Waals surface area (Å²) >= 11 is 1.42. The molecule has 0 saturated carbocycles. The smallest absolute Gasteiger partial charge is 0.257 e. The standard InChI is InChI=1S/C25H23N3O2S/c1-16-12-20(13-17(2)22(16)14-18-4-6-21(30-3)7-5-18)23-15-31-25(27-23)28-24(29)19-8-10-26-11-9-19/h4-13,15H,14H2,1-3H3,(H,27,28,29). The van der Waals surface area contributed by atoms with E-state index in [0.717, 1.165) is 23.4 Å². The van der Waals surface area contributed by atoms with Gasteiger partial charge >= 0.3 is 0 Å². The minimum atomic E-state index is -0.189. The van der Waals surface area contributed by atoms with Crippen molar-refractivity contribution in [2.24, 2.45) is 0 Å². The molecule has 0 saturated heterocycles. The van der Waals surface area contributed by atoms with E-state index >= 15 is 0 Å². The lowest BCUT2D eigenvalue weighted by Gasteiger charge is -2.13. The zero-order valence-electron chi connectivity index (χ0n) is 17.7. The molecule has 2 heterocycles. The first kappa shape index (κ1) is 20.8. The minimum Gasteiger partial charge on any atom is -0.497 e. The van der Waals surface area contributed by atoms with Crippen molar-refractivity contribution in [3.8, 4) is 17.0 Å². The molecule has 0 radical (unpaired) electrons. The zero-order valence-corrected chi connectivity index (χ0v) is 18.5. The van der Waals surface area contributed by atoms with Crippen LogP contribution in [-0.2, 0) is 6.42 Å². The van der Waals surface area contributed by atoms with E-state index in [4.69, 9.17) is 4.74 Å². The van der Waals surface area contributed by atoms with Gasteiger partial charge in [0.05, 0.1) is 12.8 Å². The highest BCUT2D eigenvalue weighted by Gasteiger charge is 2.12. The molecule has 0 aliphatic heterocycles. The number of aryl methyl sites for hydroxylation is 2. The van der Waals surface area contributed by atoms with E-state index in [1.807, 2.05) is 17.5 Å². The van der Waals surface area contributed by atoms with Gasteiger partial charge in [-0.1, -0.05) is 12.1 Å². The van der Waals surface area contributed by atoms with Crippen molar-refractivity contribution in [2.75, 3.05) is 12.4 Å². The number of ether oxygens (including phenoxy) is 1. The number of hydrogen-bond acceptors (Lipinski definition) is 5. The fraction of sp³-hybridized carbons (Fsp3) is 0.160. The van der Waals surface area contributed by atoms with Gasteiger partial charge in [0.15, 0.2) is 5.13 Å². The summed E-state index contributed by atoms with van der Waals surface area (Å²) in [6.45, 7) is 4.27. The van der Waals surface area contributed by atoms with Gasteiger partial charge in [0.25, 0.3) is 5.91 Å². The molecule has 4 aromatic rings. The Morgan fingerprint density at radius 3 is 2.35 bits per heavy atom. The Bertz CT molecular complexity index is 1180. The third-order valence-electron chi connectivity index (χ3n) is 5.20. The van der Waals surface area contributed by atoms with Crippen molar-refractivity contribution in [1.29, 1.82) is 0 Å². The van der Waals surface area contributed by atoms with Gasteiger partial charge in [-0.25, -0.2) is 4.98 Å². The summed E-state index contributed by atoms with van der Waals surface area (Å²) in [5.74, 6) is 0.674. The Balaban J connectivity index is 1.52. The van der Waals surface area contributed by atoms with E-state index in [2.05, 4.69) is 53.4 Å². The highest BCUT2D eigenvalue weighted by molar-refractivity contribution is 7.14. The van der Waals surface area contributed by atoms with Gasteiger partial charge in [-0.05, 0) is 78.9 Å². The normalized spacial score (nSPS) is 10.7. The molecule has 0 unspecified atom stereocenters. The molecule has 4 rings (SSSR count). The van der Waals surface area contributed by atoms with Gasteiger partial charge < -0.3 is 4.74 Å². The molecule has 1 amide bonds. The van der Waals surface area contributed by atoms with Gasteiger partial charge in [0.2, 0.25) is 0 Å². The SMILES string of the molecule is COc1ccc(Cc2c(C)cc(-c3csc(NC(=O)c4ccncc4)n3)cc2C)cc1. The van der Waals surface area contributed by atoms with Crippen LogP contribution in [0.15, 0.2) is 66.3 Å². The molecular weight excluding hydrogens is 406 g/mol. The van der Waals surface area contributed by atoms with Crippen molar-refractivity contribution in [2.45, 2.75) is 20.3 Å². The molecule has 0 aliphatic rings. The largest absolute Gasteiger partial charge is 0.497 e. The number of benzene rings is 2. The number of hydrogen-bond donors (Lipinski definition) is 1. The predicted molar refractivity (Wildman–Crippen MR) is 125 cm³/mol. The average molecular weight is 430 g/mol. The number of pyridine rings is 1. The fourth-order valence-electron chi connectivity index (χ4n) is 3.50. The molecule has 0 atom stereocenters. The van der Waals surface area contributed by atoms with E-state index in [0.29, 0.717) is 10.7 Å². The number of nitrogens with one attached hydrogen (secondary N) is 1. The van der Waals surface area contributed by atoms with Crippen molar-refractivity contribution in [3.63, 3.8) is 0 Å². The van der Waals surface area contributed by atoms with E-state index in [9.17, 15) is 4.79 Å². The van der Waals surface area contributed by atoms with Crippen LogP contribution in [0.5, 0.6) is 5.75 Å². The number of anilines is 1. The number of aromatic nitrogens is 2. The summed E-state index contributed by atoms with van der Waals surface area (Å²) in [5.41, 5.74) is 7.47. The van der Waals surface area contributed by atoms with Gasteiger partial charge in [-0.3, -0.25) is 15.1 Å². The van der Waals surface area contributed by atoms with Gasteiger partial charge in [0, 0.05) is 28.9 Å². The third-order valence-corrected chi connectivity index (χ3v) is 5.96. The first-order chi connectivity index (χ1) is 15.0. The van der Waals surface area contributed by atoms with Gasteiger partial charge in [-0.15, -0.1) is 11.3 Å².